The molecule has 402 valence electrons. The second kappa shape index (κ2) is 21.7. The van der Waals surface area contributed by atoms with Crippen molar-refractivity contribution >= 4 is 103 Å². The summed E-state index contributed by atoms with van der Waals surface area (Å²) in [7, 11) is -0.464. The van der Waals surface area contributed by atoms with E-state index in [1.165, 1.54) is 24.3 Å². The van der Waals surface area contributed by atoms with Crippen LogP contribution in [0.1, 0.15) is 58.1 Å². The summed E-state index contributed by atoms with van der Waals surface area (Å²) in [5, 5.41) is 26.3. The van der Waals surface area contributed by atoms with Crippen molar-refractivity contribution in [3.05, 3.63) is 129 Å². The number of alkyl halides is 3. The topological polar surface area (TPSA) is 198 Å². The van der Waals surface area contributed by atoms with Gasteiger partial charge in [0.25, 0.3) is 0 Å². The zero-order valence-electron chi connectivity index (χ0n) is 42.2. The first-order chi connectivity index (χ1) is 36.3. The Labute approximate surface area is 460 Å². The lowest BCUT2D eigenvalue weighted by Crippen LogP contribution is -2.41. The first kappa shape index (κ1) is 55.1. The van der Waals surface area contributed by atoms with Gasteiger partial charge in [-0.15, -0.1) is 0 Å². The number of hydrogen-bond donors (Lipinski definition) is 5. The minimum absolute atomic E-state index is 0.261. The Bertz CT molecular complexity index is 3530. The van der Waals surface area contributed by atoms with Crippen LogP contribution in [-0.2, 0) is 23.7 Å². The third-order valence-electron chi connectivity index (χ3n) is 13.6. The van der Waals surface area contributed by atoms with E-state index in [-0.39, 0.29) is 29.9 Å². The van der Waals surface area contributed by atoms with E-state index in [0.29, 0.717) is 57.2 Å². The van der Waals surface area contributed by atoms with Crippen molar-refractivity contribution in [2.24, 2.45) is 17.8 Å². The number of aromatic nitrogens is 6. The van der Waals surface area contributed by atoms with Crippen molar-refractivity contribution in [2.45, 2.75) is 90.5 Å². The fourth-order valence-corrected chi connectivity index (χ4v) is 8.81. The number of pyridine rings is 3. The monoisotopic (exact) mass is 1240 g/mol. The molecule has 4 aliphatic rings. The Hall–Kier alpha value is -6.64. The molecule has 0 unspecified atom stereocenters. The number of hydrogen-bond acceptors (Lipinski definition) is 10. The minimum atomic E-state index is -1.06. The van der Waals surface area contributed by atoms with Crippen LogP contribution in [0.5, 0.6) is 11.5 Å². The van der Waals surface area contributed by atoms with E-state index in [1.54, 1.807) is 59.6 Å². The van der Waals surface area contributed by atoms with Crippen molar-refractivity contribution in [2.75, 3.05) is 16.0 Å². The molecule has 1 aliphatic heterocycles. The highest BCUT2D eigenvalue weighted by atomic mass is 127. The third kappa shape index (κ3) is 12.7. The van der Waals surface area contributed by atoms with Crippen molar-refractivity contribution in [1.29, 1.82) is 0 Å². The average Bonchev–Trinajstić information content (AvgIpc) is 4.28. The lowest BCUT2D eigenvalue weighted by atomic mass is 9.80. The maximum absolute atomic E-state index is 13.4. The predicted octanol–water partition coefficient (Wildman–Crippen LogP) is 10.2. The van der Waals surface area contributed by atoms with Gasteiger partial charge in [-0.05, 0) is 166 Å². The highest BCUT2D eigenvalue weighted by Crippen LogP contribution is 2.38. The standard InChI is InChI=1S/C18H15F2N3O2.C17H21BFN3O3.C11H9FIN3O.C7H6BrFO/c1-9-4-14(20)15(24)6-11(9)10-2-3-17-21-16(8-23(17)7-10)22-18(25)12-5-13(12)19;1-16(2)17(3,4)25-18(24-16)10-5-6-14-20-13(9-22(14)8-10)21-15(23)11-7-12(11)19;12-8-3-7(8)11(17)15-9-5-16-4-6(13)1-2-10(16)14-9;1-4-2-6(9)7(10)3-5(4)8/h2-4,6-8,12-13,24H,5H2,1H3,(H,22,25);5-6,8-9,11-12H,7H2,1-4H3,(H,21,23);1-2,4-5,7-8H,3H2,(H,15,17);2-3,10H,1H3/t12-,13+;11-,12+;7-,8+;/m111./s1. The van der Waals surface area contributed by atoms with Crippen LogP contribution in [0.2, 0.25) is 0 Å². The number of anilines is 3. The SMILES string of the molecule is CC1(C)OB(c2ccc3nc(NC(=O)[C@@H]4C[C@@H]4F)cn3c2)OC1(C)C.Cc1cc(F)c(O)cc1-c1ccc2nc(NC(=O)[C@@H]3C[C@@H]3F)cn2c1.Cc1cc(F)c(O)cc1Br.O=C(Nc1cn2cc(I)ccc2n1)[C@@H]1C[C@@H]1F. The van der Waals surface area contributed by atoms with Gasteiger partial charge in [0.1, 0.15) is 35.5 Å². The number of phenols is 2. The van der Waals surface area contributed by atoms with Crippen LogP contribution in [0.25, 0.3) is 28.1 Å². The van der Waals surface area contributed by atoms with E-state index in [1.807, 2.05) is 68.8 Å². The highest BCUT2D eigenvalue weighted by Gasteiger charge is 2.52. The molecule has 3 saturated carbocycles. The second-order valence-electron chi connectivity index (χ2n) is 20.2. The number of nitrogens with zero attached hydrogens (tertiary/aromatic N) is 6. The summed E-state index contributed by atoms with van der Waals surface area (Å²) in [4.78, 5) is 48.0. The van der Waals surface area contributed by atoms with Crippen LogP contribution in [0.3, 0.4) is 0 Å². The Morgan fingerprint density at radius 1 is 0.623 bits per heavy atom. The fourth-order valence-electron chi connectivity index (χ4n) is 7.99. The average molecular weight is 1240 g/mol. The zero-order valence-corrected chi connectivity index (χ0v) is 45.9. The van der Waals surface area contributed by atoms with Crippen LogP contribution in [0.15, 0.2) is 102 Å². The molecule has 77 heavy (non-hydrogen) atoms. The summed E-state index contributed by atoms with van der Waals surface area (Å²) < 4.78 is 83.8. The molecule has 3 amide bonds. The number of rotatable bonds is 8. The summed E-state index contributed by atoms with van der Waals surface area (Å²) in [6, 6.07) is 16.4. The van der Waals surface area contributed by atoms with Gasteiger partial charge in [0.2, 0.25) is 17.7 Å². The predicted molar refractivity (Wildman–Crippen MR) is 291 cm³/mol. The van der Waals surface area contributed by atoms with E-state index < -0.39 is 72.0 Å². The molecule has 5 N–H and O–H groups in total. The molecule has 12 rings (SSSR count). The number of nitrogens with one attached hydrogen (secondary N) is 3. The van der Waals surface area contributed by atoms with E-state index >= 15 is 0 Å². The van der Waals surface area contributed by atoms with E-state index in [4.69, 9.17) is 14.4 Å². The van der Waals surface area contributed by atoms with Gasteiger partial charge in [0.15, 0.2) is 40.6 Å². The summed E-state index contributed by atoms with van der Waals surface area (Å²) >= 11 is 5.35. The summed E-state index contributed by atoms with van der Waals surface area (Å²) in [5.74, 6) is -3.32. The highest BCUT2D eigenvalue weighted by molar-refractivity contribution is 14.1. The number of halogens is 7. The molecule has 0 radical (unpaired) electrons. The van der Waals surface area contributed by atoms with Crippen LogP contribution in [0, 0.1) is 46.8 Å². The van der Waals surface area contributed by atoms with Gasteiger partial charge in [-0.25, -0.2) is 36.9 Å². The Morgan fingerprint density at radius 3 is 1.48 bits per heavy atom. The first-order valence-electron chi connectivity index (χ1n) is 24.3. The second-order valence-corrected chi connectivity index (χ2v) is 22.3. The largest absolute Gasteiger partial charge is 0.505 e. The number of imidazole rings is 3. The van der Waals surface area contributed by atoms with E-state index in [0.717, 1.165) is 25.8 Å². The number of benzene rings is 2. The maximum Gasteiger partial charge on any atom is 0.496 e. The number of carbonyl (C=O) groups is 3. The van der Waals surface area contributed by atoms with Gasteiger partial charge in [-0.3, -0.25) is 14.4 Å². The number of phenolic OH excluding ortho intramolecular Hbond substituents is 2. The molecule has 6 aromatic heterocycles. The van der Waals surface area contributed by atoms with E-state index in [2.05, 4.69) is 69.4 Å². The molecule has 2 aromatic carbocycles. The molecule has 6 atom stereocenters. The molecular formula is C53H51BBrF5IN9O7. The van der Waals surface area contributed by atoms with Crippen molar-refractivity contribution in [1.82, 2.24) is 28.2 Å². The first-order valence-corrected chi connectivity index (χ1v) is 26.2. The number of aromatic hydroxyl groups is 2. The number of fused-ring (bicyclic) bond motifs is 3. The number of carbonyl (C=O) groups excluding carboxylic acids is 3. The molecule has 7 heterocycles. The molecule has 0 bridgehead atoms. The van der Waals surface area contributed by atoms with Crippen molar-refractivity contribution in [3.8, 4) is 22.6 Å². The maximum atomic E-state index is 13.4. The Kier molecular flexibility index (Phi) is 15.5. The Morgan fingerprint density at radius 2 is 1.03 bits per heavy atom. The normalized spacial score (nSPS) is 21.2. The van der Waals surface area contributed by atoms with Gasteiger partial charge in [0.05, 0.1) is 47.5 Å². The van der Waals surface area contributed by atoms with Gasteiger partial charge in [0, 0.05) is 26.6 Å². The molecule has 3 aliphatic carbocycles. The van der Waals surface area contributed by atoms with Crippen molar-refractivity contribution in [3.63, 3.8) is 0 Å². The lowest BCUT2D eigenvalue weighted by molar-refractivity contribution is -0.118. The van der Waals surface area contributed by atoms with Crippen LogP contribution >= 0.6 is 38.5 Å². The molecule has 24 heteroatoms. The summed E-state index contributed by atoms with van der Waals surface area (Å²) in [5.41, 5.74) is 5.02. The van der Waals surface area contributed by atoms with Crippen molar-refractivity contribution < 1.29 is 55.9 Å². The molecule has 1 saturated heterocycles. The van der Waals surface area contributed by atoms with Gasteiger partial charge >= 0.3 is 7.12 Å². The summed E-state index contributed by atoms with van der Waals surface area (Å²) in [6.45, 7) is 11.5. The molecular weight excluding hydrogens is 1190 g/mol. The van der Waals surface area contributed by atoms with Gasteiger partial charge in [-0.1, -0.05) is 22.0 Å². The number of aryl methyl sites for hydroxylation is 2. The molecule has 8 aromatic rings. The van der Waals surface area contributed by atoms with E-state index in [9.17, 15) is 41.4 Å². The molecule has 16 nitrogen and oxygen atoms in total. The fraction of sp³-hybridized carbons (Fsp3) is 0.321. The third-order valence-corrected chi connectivity index (χ3v) is 15.1. The summed E-state index contributed by atoms with van der Waals surface area (Å²) in [6.07, 6.45) is 8.44. The quantitative estimate of drug-likeness (QED) is 0.0555. The van der Waals surface area contributed by atoms with Crippen LogP contribution in [-0.4, -0.2) is 92.9 Å². The zero-order chi connectivity index (χ0) is 55.4. The van der Waals surface area contributed by atoms with Gasteiger partial charge < -0.3 is 48.7 Å². The van der Waals surface area contributed by atoms with Gasteiger partial charge in [-0.2, -0.15) is 0 Å². The van der Waals surface area contributed by atoms with Crippen LogP contribution in [0.4, 0.5) is 39.4 Å². The smallest absolute Gasteiger partial charge is 0.496 e. The number of amides is 3. The molecule has 0 spiro atoms. The molecule has 4 fully saturated rings. The Balaban J connectivity index is 0.000000131. The lowest BCUT2D eigenvalue weighted by Gasteiger charge is -2.32. The minimum Gasteiger partial charge on any atom is -0.505 e. The van der Waals surface area contributed by atoms with Crippen LogP contribution < -0.4 is 21.4 Å².